The van der Waals surface area contributed by atoms with Gasteiger partial charge in [0.25, 0.3) is 11.6 Å². The lowest BCUT2D eigenvalue weighted by molar-refractivity contribution is -0.384. The number of thiazole rings is 1. The van der Waals surface area contributed by atoms with E-state index in [1.165, 1.54) is 47.9 Å². The van der Waals surface area contributed by atoms with Crippen LogP contribution in [0.15, 0.2) is 71.8 Å². The number of anilines is 2. The summed E-state index contributed by atoms with van der Waals surface area (Å²) in [5.41, 5.74) is 1.58. The van der Waals surface area contributed by atoms with E-state index in [0.29, 0.717) is 22.5 Å². The molecule has 0 bridgehead atoms. The molecule has 0 N–H and O–H groups in total. The third kappa shape index (κ3) is 4.84. The molecule has 1 aliphatic rings. The molecule has 1 aliphatic heterocycles. The number of nitro benzene ring substituents is 1. The first-order valence-electron chi connectivity index (χ1n) is 11.4. The number of methoxy groups -OCH3 is 1. The molecule has 0 unspecified atom stereocenters. The van der Waals surface area contributed by atoms with E-state index in [1.807, 2.05) is 0 Å². The second-order valence-electron chi connectivity index (χ2n) is 8.21. The monoisotopic (exact) mass is 529 g/mol. The number of non-ortho nitro benzene ring substituents is 1. The Balaban J connectivity index is 1.53. The van der Waals surface area contributed by atoms with Gasteiger partial charge in [-0.15, -0.1) is 0 Å². The van der Waals surface area contributed by atoms with Crippen LogP contribution in [-0.4, -0.2) is 41.0 Å². The lowest BCUT2D eigenvalue weighted by atomic mass is 10.1. The van der Waals surface area contributed by atoms with Gasteiger partial charge in [-0.2, -0.15) is 10.1 Å². The maximum atomic E-state index is 13.7. The number of nitro groups is 1. The molecular weight excluding hydrogens is 510 g/mol. The molecule has 3 aromatic carbocycles. The summed E-state index contributed by atoms with van der Waals surface area (Å²) < 4.78 is 6.05. The number of imide groups is 1. The molecule has 0 aliphatic carbocycles. The second-order valence-corrected chi connectivity index (χ2v) is 9.22. The number of hydrogen-bond acceptors (Lipinski definition) is 9. The van der Waals surface area contributed by atoms with Crippen LogP contribution in [0.1, 0.15) is 28.8 Å². The average molecular weight is 530 g/mol. The number of nitrogens with zero attached hydrogens (tertiary/aromatic N) is 5. The summed E-state index contributed by atoms with van der Waals surface area (Å²) in [4.78, 5) is 54.3. The van der Waals surface area contributed by atoms with Crippen LogP contribution in [0.5, 0.6) is 5.75 Å². The molecule has 4 aromatic rings. The lowest BCUT2D eigenvalue weighted by Gasteiger charge is -2.17. The highest BCUT2D eigenvalue weighted by Gasteiger charge is 2.31. The van der Waals surface area contributed by atoms with Crippen LogP contribution in [0, 0.1) is 10.1 Å². The van der Waals surface area contributed by atoms with Gasteiger partial charge in [-0.05, 0) is 54.1 Å². The third-order valence-corrected chi connectivity index (χ3v) is 6.78. The number of carbonyl (C=O) groups is 3. The first-order valence-corrected chi connectivity index (χ1v) is 12.2. The van der Waals surface area contributed by atoms with Gasteiger partial charge in [0.1, 0.15) is 5.75 Å². The van der Waals surface area contributed by atoms with Crippen LogP contribution in [0.25, 0.3) is 10.2 Å². The summed E-state index contributed by atoms with van der Waals surface area (Å²) >= 11 is 1.22. The first kappa shape index (κ1) is 24.7. The van der Waals surface area contributed by atoms with E-state index in [9.17, 15) is 24.5 Å². The number of amides is 3. The summed E-state index contributed by atoms with van der Waals surface area (Å²) in [5, 5.41) is 16.7. The Hall–Kier alpha value is -4.97. The van der Waals surface area contributed by atoms with E-state index in [-0.39, 0.29) is 41.0 Å². The van der Waals surface area contributed by atoms with E-state index in [0.717, 1.165) is 14.6 Å². The molecule has 5 rings (SSSR count). The molecule has 1 fully saturated rings. The van der Waals surface area contributed by atoms with Crippen molar-refractivity contribution in [3.8, 4) is 5.75 Å². The van der Waals surface area contributed by atoms with Gasteiger partial charge in [-0.3, -0.25) is 29.4 Å². The Kier molecular flexibility index (Phi) is 6.62. The normalized spacial score (nSPS) is 13.4. The van der Waals surface area contributed by atoms with Crippen molar-refractivity contribution in [3.63, 3.8) is 0 Å². The van der Waals surface area contributed by atoms with Crippen LogP contribution in [-0.2, 0) is 9.59 Å². The van der Waals surface area contributed by atoms with Crippen molar-refractivity contribution in [2.45, 2.75) is 12.8 Å². The van der Waals surface area contributed by atoms with Crippen molar-refractivity contribution < 1.29 is 24.0 Å². The van der Waals surface area contributed by atoms with Crippen molar-refractivity contribution in [2.24, 2.45) is 5.10 Å². The topological polar surface area (TPSA) is 135 Å². The largest absolute Gasteiger partial charge is 0.497 e. The van der Waals surface area contributed by atoms with Gasteiger partial charge < -0.3 is 4.74 Å². The van der Waals surface area contributed by atoms with E-state index in [1.54, 1.807) is 43.5 Å². The molecular formula is C26H19N5O6S. The number of carbonyl (C=O) groups excluding carboxylic acids is 3. The van der Waals surface area contributed by atoms with Crippen molar-refractivity contribution in [3.05, 3.63) is 88.0 Å². The summed E-state index contributed by atoms with van der Waals surface area (Å²) in [7, 11) is 1.55. The Bertz CT molecular complexity index is 1600. The van der Waals surface area contributed by atoms with Gasteiger partial charge in [-0.1, -0.05) is 17.4 Å². The molecule has 0 saturated carbocycles. The number of rotatable bonds is 7. The number of ether oxygens (including phenoxy) is 1. The first-order chi connectivity index (χ1) is 18.3. The Morgan fingerprint density at radius 2 is 1.84 bits per heavy atom. The lowest BCUT2D eigenvalue weighted by Crippen LogP contribution is -2.29. The molecule has 2 heterocycles. The number of hydrogen-bond donors (Lipinski definition) is 0. The van der Waals surface area contributed by atoms with Crippen LogP contribution < -0.4 is 14.6 Å². The highest BCUT2D eigenvalue weighted by atomic mass is 32.1. The molecule has 12 heteroatoms. The standard InChI is InChI=1S/C26H19N5O6S/c1-37-20-9-10-21-22(14-20)38-26(28-21)30(27-15-16-5-7-18(8-6-16)31(35)36)25(34)17-3-2-4-19(13-17)29-23(32)11-12-24(29)33/h2-10,13-15H,11-12H2,1H3/b27-15+. The summed E-state index contributed by atoms with van der Waals surface area (Å²) in [6, 6.07) is 17.2. The van der Waals surface area contributed by atoms with Gasteiger partial charge in [-0.25, -0.2) is 4.98 Å². The molecule has 38 heavy (non-hydrogen) atoms. The number of fused-ring (bicyclic) bond motifs is 1. The predicted molar refractivity (Wildman–Crippen MR) is 142 cm³/mol. The van der Waals surface area contributed by atoms with Crippen LogP contribution in [0.4, 0.5) is 16.5 Å². The van der Waals surface area contributed by atoms with Crippen molar-refractivity contribution in [1.29, 1.82) is 0 Å². The minimum absolute atomic E-state index is 0.0713. The van der Waals surface area contributed by atoms with Crippen molar-refractivity contribution in [1.82, 2.24) is 4.98 Å². The zero-order valence-electron chi connectivity index (χ0n) is 19.9. The quantitative estimate of drug-likeness (QED) is 0.148. The maximum Gasteiger partial charge on any atom is 0.280 e. The van der Waals surface area contributed by atoms with Crippen molar-refractivity contribution >= 4 is 62.0 Å². The van der Waals surface area contributed by atoms with Gasteiger partial charge >= 0.3 is 0 Å². The molecule has 190 valence electrons. The highest BCUT2D eigenvalue weighted by Crippen LogP contribution is 2.33. The Morgan fingerprint density at radius 1 is 1.11 bits per heavy atom. The van der Waals surface area contributed by atoms with Gasteiger partial charge in [0.05, 0.1) is 34.2 Å². The Morgan fingerprint density at radius 3 is 2.53 bits per heavy atom. The molecule has 1 saturated heterocycles. The van der Waals surface area contributed by atoms with E-state index in [4.69, 9.17) is 4.74 Å². The summed E-state index contributed by atoms with van der Waals surface area (Å²) in [5.74, 6) is -0.566. The molecule has 11 nitrogen and oxygen atoms in total. The second kappa shape index (κ2) is 10.2. The molecule has 0 atom stereocenters. The van der Waals surface area contributed by atoms with Crippen LogP contribution >= 0.6 is 11.3 Å². The zero-order chi connectivity index (χ0) is 26.8. The minimum atomic E-state index is -0.546. The number of benzene rings is 3. The van der Waals surface area contributed by atoms with Gasteiger partial charge in [0, 0.05) is 30.5 Å². The Labute approximate surface area is 219 Å². The average Bonchev–Trinajstić information content (AvgIpc) is 3.50. The zero-order valence-corrected chi connectivity index (χ0v) is 20.8. The minimum Gasteiger partial charge on any atom is -0.497 e. The van der Waals surface area contributed by atoms with E-state index in [2.05, 4.69) is 10.1 Å². The molecule has 1 aromatic heterocycles. The molecule has 3 amide bonds. The molecule has 0 radical (unpaired) electrons. The third-order valence-electron chi connectivity index (χ3n) is 5.79. The maximum absolute atomic E-state index is 13.7. The van der Waals surface area contributed by atoms with Crippen molar-refractivity contribution in [2.75, 3.05) is 17.0 Å². The predicted octanol–water partition coefficient (Wildman–Crippen LogP) is 4.55. The fourth-order valence-electron chi connectivity index (χ4n) is 3.87. The van der Waals surface area contributed by atoms with Gasteiger partial charge in [0.2, 0.25) is 16.9 Å². The highest BCUT2D eigenvalue weighted by molar-refractivity contribution is 7.22. The van der Waals surface area contributed by atoms with E-state index >= 15 is 0 Å². The fourth-order valence-corrected chi connectivity index (χ4v) is 4.82. The van der Waals surface area contributed by atoms with Crippen LogP contribution in [0.3, 0.4) is 0 Å². The smallest absolute Gasteiger partial charge is 0.280 e. The molecule has 0 spiro atoms. The number of hydrazone groups is 1. The van der Waals surface area contributed by atoms with Gasteiger partial charge in [0.15, 0.2) is 0 Å². The number of aromatic nitrogens is 1. The summed E-state index contributed by atoms with van der Waals surface area (Å²) in [6.07, 6.45) is 1.64. The summed E-state index contributed by atoms with van der Waals surface area (Å²) in [6.45, 7) is 0. The SMILES string of the molecule is COc1ccc2nc(N(/N=C/c3ccc([N+](=O)[O-])cc3)C(=O)c3cccc(N4C(=O)CCC4=O)c3)sc2c1. The van der Waals surface area contributed by atoms with E-state index < -0.39 is 10.8 Å². The van der Waals surface area contributed by atoms with Crippen LogP contribution in [0.2, 0.25) is 0 Å². The fraction of sp³-hybridized carbons (Fsp3) is 0.115.